The van der Waals surface area contributed by atoms with Crippen molar-refractivity contribution < 1.29 is 9.47 Å². The highest BCUT2D eigenvalue weighted by atomic mass is 16.5. The maximum atomic E-state index is 5.64. The van der Waals surface area contributed by atoms with Crippen molar-refractivity contribution in [2.45, 2.75) is 38.1 Å². The molecule has 1 aliphatic heterocycles. The number of rotatable bonds is 10. The number of methoxy groups -OCH3 is 1. The van der Waals surface area contributed by atoms with Crippen LogP contribution in [0.25, 0.3) is 0 Å². The molecule has 0 aromatic heterocycles. The molecule has 0 aromatic carbocycles. The maximum Gasteiger partial charge on any atom is 0.0593 e. The van der Waals surface area contributed by atoms with E-state index < -0.39 is 0 Å². The number of piperidine rings is 1. The van der Waals surface area contributed by atoms with Crippen LogP contribution in [0.4, 0.5) is 0 Å². The minimum Gasteiger partial charge on any atom is -0.385 e. The summed E-state index contributed by atoms with van der Waals surface area (Å²) >= 11 is 0. The minimum atomic E-state index is 0.804. The predicted molar refractivity (Wildman–Crippen MR) is 77.5 cm³/mol. The SMILES string of the molecule is COCCCOCCN1CCCC(CNC2CC2)C1. The second-order valence-electron chi connectivity index (χ2n) is 5.95. The van der Waals surface area contributed by atoms with Gasteiger partial charge in [-0.3, -0.25) is 0 Å². The lowest BCUT2D eigenvalue weighted by Crippen LogP contribution is -2.41. The Kier molecular flexibility index (Phi) is 7.14. The molecule has 1 atom stereocenters. The Balaban J connectivity index is 1.48. The van der Waals surface area contributed by atoms with E-state index in [0.717, 1.165) is 44.7 Å². The van der Waals surface area contributed by atoms with Crippen molar-refractivity contribution in [3.63, 3.8) is 0 Å². The fourth-order valence-corrected chi connectivity index (χ4v) is 2.74. The monoisotopic (exact) mass is 270 g/mol. The lowest BCUT2D eigenvalue weighted by atomic mass is 9.98. The molecule has 0 amide bonds. The van der Waals surface area contributed by atoms with E-state index in [9.17, 15) is 0 Å². The van der Waals surface area contributed by atoms with Crippen molar-refractivity contribution in [2.24, 2.45) is 5.92 Å². The highest BCUT2D eigenvalue weighted by Gasteiger charge is 2.24. The van der Waals surface area contributed by atoms with Gasteiger partial charge in [-0.2, -0.15) is 0 Å². The fourth-order valence-electron chi connectivity index (χ4n) is 2.74. The van der Waals surface area contributed by atoms with Crippen molar-refractivity contribution in [1.82, 2.24) is 10.2 Å². The zero-order chi connectivity index (χ0) is 13.3. The van der Waals surface area contributed by atoms with Crippen molar-refractivity contribution in [3.8, 4) is 0 Å². The van der Waals surface area contributed by atoms with Gasteiger partial charge in [-0.1, -0.05) is 0 Å². The Labute approximate surface area is 117 Å². The predicted octanol–water partition coefficient (Wildman–Crippen LogP) is 1.50. The van der Waals surface area contributed by atoms with Gasteiger partial charge in [0, 0.05) is 39.5 Å². The van der Waals surface area contributed by atoms with Gasteiger partial charge < -0.3 is 19.7 Å². The number of hydrogen-bond donors (Lipinski definition) is 1. The Morgan fingerprint density at radius 1 is 1.16 bits per heavy atom. The highest BCUT2D eigenvalue weighted by Crippen LogP contribution is 2.21. The summed E-state index contributed by atoms with van der Waals surface area (Å²) in [4.78, 5) is 2.57. The van der Waals surface area contributed by atoms with Crippen molar-refractivity contribution in [2.75, 3.05) is 53.1 Å². The van der Waals surface area contributed by atoms with Crippen molar-refractivity contribution in [3.05, 3.63) is 0 Å². The van der Waals surface area contributed by atoms with E-state index in [0.29, 0.717) is 0 Å². The third kappa shape index (κ3) is 6.70. The number of nitrogens with zero attached hydrogens (tertiary/aromatic N) is 1. The number of hydrogen-bond acceptors (Lipinski definition) is 4. The Hall–Kier alpha value is -0.160. The van der Waals surface area contributed by atoms with Crippen LogP contribution in [0.3, 0.4) is 0 Å². The summed E-state index contributed by atoms with van der Waals surface area (Å²) in [6.07, 6.45) is 6.54. The average molecular weight is 270 g/mol. The molecule has 1 saturated carbocycles. The first-order valence-electron chi connectivity index (χ1n) is 7.91. The fraction of sp³-hybridized carbons (Fsp3) is 1.00. The topological polar surface area (TPSA) is 33.7 Å². The zero-order valence-corrected chi connectivity index (χ0v) is 12.4. The largest absolute Gasteiger partial charge is 0.385 e. The lowest BCUT2D eigenvalue weighted by molar-refractivity contribution is 0.0711. The molecule has 4 nitrogen and oxygen atoms in total. The van der Waals surface area contributed by atoms with E-state index in [-0.39, 0.29) is 0 Å². The van der Waals surface area contributed by atoms with Gasteiger partial charge in [0.25, 0.3) is 0 Å². The Morgan fingerprint density at radius 2 is 2.05 bits per heavy atom. The van der Waals surface area contributed by atoms with Gasteiger partial charge in [-0.15, -0.1) is 0 Å². The van der Waals surface area contributed by atoms with Gasteiger partial charge in [0.05, 0.1) is 6.61 Å². The molecule has 1 heterocycles. The molecule has 1 N–H and O–H groups in total. The molecule has 112 valence electrons. The molecule has 19 heavy (non-hydrogen) atoms. The third-order valence-corrected chi connectivity index (χ3v) is 4.06. The maximum absolute atomic E-state index is 5.64. The van der Waals surface area contributed by atoms with Crippen LogP contribution < -0.4 is 5.32 Å². The van der Waals surface area contributed by atoms with E-state index in [2.05, 4.69) is 10.2 Å². The molecule has 0 radical (unpaired) electrons. The van der Waals surface area contributed by atoms with Crippen LogP contribution in [0.15, 0.2) is 0 Å². The van der Waals surface area contributed by atoms with Gasteiger partial charge in [-0.05, 0) is 51.1 Å². The summed E-state index contributed by atoms with van der Waals surface area (Å²) in [5.41, 5.74) is 0. The van der Waals surface area contributed by atoms with E-state index in [1.807, 2.05) is 0 Å². The summed E-state index contributed by atoms with van der Waals surface area (Å²) in [6.45, 7) is 7.31. The molecular formula is C15H30N2O2. The van der Waals surface area contributed by atoms with Crippen LogP contribution in [-0.2, 0) is 9.47 Å². The lowest BCUT2D eigenvalue weighted by Gasteiger charge is -2.32. The first kappa shape index (κ1) is 15.2. The molecule has 0 aromatic rings. The number of nitrogens with one attached hydrogen (secondary N) is 1. The summed E-state index contributed by atoms with van der Waals surface area (Å²) in [5, 5.41) is 3.67. The molecule has 1 saturated heterocycles. The van der Waals surface area contributed by atoms with Gasteiger partial charge >= 0.3 is 0 Å². The van der Waals surface area contributed by atoms with Crippen LogP contribution >= 0.6 is 0 Å². The quantitative estimate of drug-likeness (QED) is 0.610. The Bertz CT molecular complexity index is 234. The molecule has 2 rings (SSSR count). The third-order valence-electron chi connectivity index (χ3n) is 4.06. The van der Waals surface area contributed by atoms with Gasteiger partial charge in [0.15, 0.2) is 0 Å². The first-order chi connectivity index (χ1) is 9.38. The van der Waals surface area contributed by atoms with Crippen LogP contribution in [0.5, 0.6) is 0 Å². The highest BCUT2D eigenvalue weighted by molar-refractivity contribution is 4.83. The van der Waals surface area contributed by atoms with Crippen LogP contribution in [-0.4, -0.2) is 64.1 Å². The van der Waals surface area contributed by atoms with Gasteiger partial charge in [0.1, 0.15) is 0 Å². The summed E-state index contributed by atoms with van der Waals surface area (Å²) in [5.74, 6) is 0.850. The average Bonchev–Trinajstić information content (AvgIpc) is 3.25. The van der Waals surface area contributed by atoms with E-state index in [1.54, 1.807) is 7.11 Å². The minimum absolute atomic E-state index is 0.804. The Morgan fingerprint density at radius 3 is 2.84 bits per heavy atom. The zero-order valence-electron chi connectivity index (χ0n) is 12.4. The molecule has 2 fully saturated rings. The number of ether oxygens (including phenoxy) is 2. The van der Waals surface area contributed by atoms with Gasteiger partial charge in [-0.25, -0.2) is 0 Å². The second-order valence-corrected chi connectivity index (χ2v) is 5.95. The number of likely N-dealkylation sites (tertiary alicyclic amines) is 1. The smallest absolute Gasteiger partial charge is 0.0593 e. The van der Waals surface area contributed by atoms with Crippen molar-refractivity contribution in [1.29, 1.82) is 0 Å². The summed E-state index contributed by atoms with van der Waals surface area (Å²) in [7, 11) is 1.74. The second kappa shape index (κ2) is 8.90. The molecule has 2 aliphatic rings. The normalized spacial score (nSPS) is 24.8. The summed E-state index contributed by atoms with van der Waals surface area (Å²) < 4.78 is 10.7. The van der Waals surface area contributed by atoms with Crippen molar-refractivity contribution >= 4 is 0 Å². The molecule has 4 heteroatoms. The van der Waals surface area contributed by atoms with Crippen LogP contribution in [0.1, 0.15) is 32.1 Å². The van der Waals surface area contributed by atoms with E-state index in [4.69, 9.17) is 9.47 Å². The standard InChI is InChI=1S/C15H30N2O2/c1-18-9-3-10-19-11-8-17-7-2-4-14(13-17)12-16-15-5-6-15/h14-16H,2-13H2,1H3. The molecule has 1 aliphatic carbocycles. The molecular weight excluding hydrogens is 240 g/mol. The molecule has 0 spiro atoms. The van der Waals surface area contributed by atoms with Crippen LogP contribution in [0.2, 0.25) is 0 Å². The first-order valence-corrected chi connectivity index (χ1v) is 7.91. The van der Waals surface area contributed by atoms with Gasteiger partial charge in [0.2, 0.25) is 0 Å². The van der Waals surface area contributed by atoms with E-state index in [1.165, 1.54) is 45.3 Å². The van der Waals surface area contributed by atoms with Crippen LogP contribution in [0, 0.1) is 5.92 Å². The summed E-state index contributed by atoms with van der Waals surface area (Å²) in [6, 6.07) is 0.847. The molecule has 1 unspecified atom stereocenters. The molecule has 0 bridgehead atoms. The van der Waals surface area contributed by atoms with E-state index >= 15 is 0 Å².